The van der Waals surface area contributed by atoms with Crippen LogP contribution in [0.3, 0.4) is 0 Å². The largest absolute Gasteiger partial charge is 0.369 e. The number of hydrogen-bond donors (Lipinski definition) is 1. The third-order valence-corrected chi connectivity index (χ3v) is 4.55. The molecule has 5 heteroatoms. The standard InChI is InChI=1S/C18H13Cl2N3/c19-13-7-8-15(14(20)9-13)22-18(21)23-10-12-5-1-3-11-4-2-6-16(23)17(11)12/h1-9H,10H2,(H2,21,22). The molecule has 3 aromatic carbocycles. The number of aliphatic imine (C=N–C) groups is 1. The number of halogens is 2. The highest BCUT2D eigenvalue weighted by atomic mass is 35.5. The van der Waals surface area contributed by atoms with Crippen LogP contribution in [-0.2, 0) is 6.54 Å². The fourth-order valence-electron chi connectivity index (χ4n) is 2.97. The molecular formula is C18H13Cl2N3. The molecule has 1 heterocycles. The van der Waals surface area contributed by atoms with E-state index < -0.39 is 0 Å². The summed E-state index contributed by atoms with van der Waals surface area (Å²) in [6, 6.07) is 17.7. The molecule has 0 aromatic heterocycles. The molecule has 3 nitrogen and oxygen atoms in total. The number of anilines is 1. The van der Waals surface area contributed by atoms with Gasteiger partial charge in [-0.3, -0.25) is 0 Å². The molecule has 0 saturated carbocycles. The average Bonchev–Trinajstić information content (AvgIpc) is 2.92. The van der Waals surface area contributed by atoms with E-state index in [0.717, 1.165) is 5.69 Å². The molecule has 0 spiro atoms. The Bertz CT molecular complexity index is 945. The maximum atomic E-state index is 6.26. The molecule has 0 aliphatic carbocycles. The molecule has 23 heavy (non-hydrogen) atoms. The summed E-state index contributed by atoms with van der Waals surface area (Å²) in [5.41, 5.74) is 9.19. The Morgan fingerprint density at radius 2 is 1.83 bits per heavy atom. The monoisotopic (exact) mass is 341 g/mol. The van der Waals surface area contributed by atoms with Gasteiger partial charge in [0.2, 0.25) is 5.96 Å². The minimum Gasteiger partial charge on any atom is -0.369 e. The van der Waals surface area contributed by atoms with E-state index in [1.165, 1.54) is 16.3 Å². The molecule has 0 fully saturated rings. The second kappa shape index (κ2) is 5.44. The van der Waals surface area contributed by atoms with Gasteiger partial charge in [-0.2, -0.15) is 0 Å². The second-order valence-electron chi connectivity index (χ2n) is 5.44. The van der Waals surface area contributed by atoms with Gasteiger partial charge in [-0.15, -0.1) is 0 Å². The quantitative estimate of drug-likeness (QED) is 0.493. The van der Waals surface area contributed by atoms with Crippen LogP contribution in [0.2, 0.25) is 10.0 Å². The molecule has 0 atom stereocenters. The molecule has 0 saturated heterocycles. The molecule has 3 aromatic rings. The Hall–Kier alpha value is -2.23. The summed E-state index contributed by atoms with van der Waals surface area (Å²) in [5.74, 6) is 0.415. The first-order valence-corrected chi connectivity index (χ1v) is 7.96. The zero-order valence-corrected chi connectivity index (χ0v) is 13.6. The maximum absolute atomic E-state index is 6.26. The third-order valence-electron chi connectivity index (χ3n) is 4.01. The van der Waals surface area contributed by atoms with Crippen molar-refractivity contribution in [2.75, 3.05) is 4.90 Å². The zero-order valence-electron chi connectivity index (χ0n) is 12.1. The van der Waals surface area contributed by atoms with Crippen LogP contribution in [0.5, 0.6) is 0 Å². The fraction of sp³-hybridized carbons (Fsp3) is 0.0556. The molecule has 2 N–H and O–H groups in total. The smallest absolute Gasteiger partial charge is 0.201 e. The lowest BCUT2D eigenvalue weighted by Gasteiger charge is -2.18. The first kappa shape index (κ1) is 14.4. The Balaban J connectivity index is 1.78. The topological polar surface area (TPSA) is 41.6 Å². The van der Waals surface area contributed by atoms with Gasteiger partial charge in [0.25, 0.3) is 0 Å². The van der Waals surface area contributed by atoms with Gasteiger partial charge < -0.3 is 10.6 Å². The summed E-state index contributed by atoms with van der Waals surface area (Å²) in [6.07, 6.45) is 0. The fourth-order valence-corrected chi connectivity index (χ4v) is 3.42. The van der Waals surface area contributed by atoms with Gasteiger partial charge in [-0.05, 0) is 35.2 Å². The highest BCUT2D eigenvalue weighted by Gasteiger charge is 2.23. The van der Waals surface area contributed by atoms with E-state index in [4.69, 9.17) is 28.9 Å². The lowest BCUT2D eigenvalue weighted by molar-refractivity contribution is 1.04. The van der Waals surface area contributed by atoms with Crippen LogP contribution in [0.4, 0.5) is 11.4 Å². The van der Waals surface area contributed by atoms with Crippen molar-refractivity contribution in [3.63, 3.8) is 0 Å². The highest BCUT2D eigenvalue weighted by molar-refractivity contribution is 6.36. The van der Waals surface area contributed by atoms with E-state index in [2.05, 4.69) is 35.3 Å². The van der Waals surface area contributed by atoms with E-state index in [1.54, 1.807) is 18.2 Å². The lowest BCUT2D eigenvalue weighted by Crippen LogP contribution is -2.34. The third kappa shape index (κ3) is 2.42. The van der Waals surface area contributed by atoms with Crippen LogP contribution in [0.1, 0.15) is 5.56 Å². The number of benzene rings is 3. The van der Waals surface area contributed by atoms with Crippen LogP contribution in [0.25, 0.3) is 10.8 Å². The molecule has 0 unspecified atom stereocenters. The number of nitrogens with two attached hydrogens (primary N) is 1. The van der Waals surface area contributed by atoms with Crippen molar-refractivity contribution >= 4 is 51.3 Å². The van der Waals surface area contributed by atoms with Gasteiger partial charge in [0.15, 0.2) is 0 Å². The van der Waals surface area contributed by atoms with Crippen molar-refractivity contribution in [1.82, 2.24) is 0 Å². The Morgan fingerprint density at radius 1 is 1.04 bits per heavy atom. The first-order chi connectivity index (χ1) is 11.1. The van der Waals surface area contributed by atoms with Crippen molar-refractivity contribution in [2.45, 2.75) is 6.54 Å². The molecular weight excluding hydrogens is 329 g/mol. The van der Waals surface area contributed by atoms with Gasteiger partial charge >= 0.3 is 0 Å². The normalized spacial score (nSPS) is 13.8. The van der Waals surface area contributed by atoms with Crippen LogP contribution in [0.15, 0.2) is 59.6 Å². The van der Waals surface area contributed by atoms with Crippen LogP contribution in [-0.4, -0.2) is 5.96 Å². The average molecular weight is 342 g/mol. The first-order valence-electron chi connectivity index (χ1n) is 7.21. The number of nitrogens with zero attached hydrogens (tertiary/aromatic N) is 2. The SMILES string of the molecule is NC(=Nc1ccc(Cl)cc1Cl)N1Cc2cccc3cccc1c23. The van der Waals surface area contributed by atoms with E-state index in [1.807, 2.05) is 11.0 Å². The molecule has 0 amide bonds. The Morgan fingerprint density at radius 3 is 2.61 bits per heavy atom. The van der Waals surface area contributed by atoms with E-state index >= 15 is 0 Å². The van der Waals surface area contributed by atoms with Gasteiger partial charge in [0, 0.05) is 10.4 Å². The van der Waals surface area contributed by atoms with E-state index in [-0.39, 0.29) is 0 Å². The van der Waals surface area contributed by atoms with E-state index in [9.17, 15) is 0 Å². The van der Waals surface area contributed by atoms with Crippen LogP contribution < -0.4 is 10.6 Å². The number of guanidine groups is 1. The summed E-state index contributed by atoms with van der Waals surface area (Å²) in [7, 11) is 0. The van der Waals surface area contributed by atoms with Crippen molar-refractivity contribution in [3.8, 4) is 0 Å². The molecule has 0 bridgehead atoms. The van der Waals surface area contributed by atoms with Crippen molar-refractivity contribution in [3.05, 3.63) is 70.2 Å². The summed E-state index contributed by atoms with van der Waals surface area (Å²) in [5, 5.41) is 3.50. The minimum atomic E-state index is 0.415. The van der Waals surface area contributed by atoms with E-state index in [0.29, 0.717) is 28.2 Å². The number of rotatable bonds is 1. The predicted octanol–water partition coefficient (Wildman–Crippen LogP) is 5.11. The van der Waals surface area contributed by atoms with Crippen molar-refractivity contribution in [1.29, 1.82) is 0 Å². The van der Waals surface area contributed by atoms with Gasteiger partial charge in [0.1, 0.15) is 0 Å². The molecule has 1 aliphatic heterocycles. The summed E-state index contributed by atoms with van der Waals surface area (Å²) in [6.45, 7) is 0.706. The predicted molar refractivity (Wildman–Crippen MR) is 97.9 cm³/mol. The second-order valence-corrected chi connectivity index (χ2v) is 6.29. The van der Waals surface area contributed by atoms with Crippen molar-refractivity contribution < 1.29 is 0 Å². The number of hydrogen-bond acceptors (Lipinski definition) is 1. The Kier molecular flexibility index (Phi) is 3.40. The summed E-state index contributed by atoms with van der Waals surface area (Å²) in [4.78, 5) is 6.48. The Labute approximate surface area is 143 Å². The molecule has 0 radical (unpaired) electrons. The summed E-state index contributed by atoms with van der Waals surface area (Å²) < 4.78 is 0. The molecule has 1 aliphatic rings. The highest BCUT2D eigenvalue weighted by Crippen LogP contribution is 2.37. The minimum absolute atomic E-state index is 0.415. The van der Waals surface area contributed by atoms with Gasteiger partial charge in [-0.1, -0.05) is 53.5 Å². The molecule has 114 valence electrons. The van der Waals surface area contributed by atoms with Gasteiger partial charge in [0.05, 0.1) is 22.9 Å². The summed E-state index contributed by atoms with van der Waals surface area (Å²) >= 11 is 12.1. The van der Waals surface area contributed by atoms with Gasteiger partial charge in [-0.25, -0.2) is 4.99 Å². The maximum Gasteiger partial charge on any atom is 0.201 e. The lowest BCUT2D eigenvalue weighted by atomic mass is 10.1. The van der Waals surface area contributed by atoms with Crippen molar-refractivity contribution in [2.24, 2.45) is 10.7 Å². The van der Waals surface area contributed by atoms with Crippen LogP contribution >= 0.6 is 23.2 Å². The zero-order chi connectivity index (χ0) is 16.0. The van der Waals surface area contributed by atoms with Crippen LogP contribution in [0, 0.1) is 0 Å². The molecule has 4 rings (SSSR count).